The first-order chi connectivity index (χ1) is 68.7. The molecule has 834 valence electrons. The molecule has 4 aliphatic rings. The molecule has 46 heteroatoms. The van der Waals surface area contributed by atoms with Gasteiger partial charge in [0.05, 0.1) is 97.1 Å². The maximum atomic E-state index is 12.7. The van der Waals surface area contributed by atoms with E-state index in [-0.39, 0.29) is 162 Å². The standard InChI is InChI=1S/C18H28N2O4S.2C16H25NO4S.C15H23NO5S.C15H23NO4S.C12H26N2O4S.C8H17NO5S/c21-18(20-16-10-5-2-6-11-16)17(14-15-8-3-1-4-9-15)19-12-7-13-25(22,23)24;2*18-22(19,20)12-6-11-17-15-9-4-5-10-16(15)21-13-14-7-2-1-3-8-14;1-12(2)14(16-9-6-10-22(18,19)20)15(17)21-11-13-7-4-3-5-8-13;17-21(18,19)11-5-10-16-14-8-4-9-15(14)20-12-13-6-2-1-3-7-13;1-9(2)10(11(15)14-12(3,4)5)13-7-6-8-19(16,17)18;1-3-14-8(10)7(2)9-5-4-6-15(11,12)13/h1,3-4,8-9,16-17,19H,2,5-7,10-14H2,(H,20,21)(H,22,23,24);2*1-3,7-8,15-17H,4-6,9-13H2,(H,18,19,20);3-5,7-8,12,14,16H,6,9-11H2,1-2H3,(H,18,19,20);1-3,6-7,14-16H,4-5,8-12H2,(H,17,18,19);9-10,13H,6-8H2,1-5H3,(H,14,15)(H,16,17,18);7,9H,3-6H2,1-2H3,(H,11,12,13)/t17-;2*15-,16-;14-;14-,15-;10-;7-/m0100100/s1. The van der Waals surface area contributed by atoms with Crippen molar-refractivity contribution in [2.75, 3.05) is 92.7 Å². The van der Waals surface area contributed by atoms with Gasteiger partial charge in [0.25, 0.3) is 70.8 Å². The summed E-state index contributed by atoms with van der Waals surface area (Å²) >= 11 is 0. The molecule has 0 saturated heterocycles. The van der Waals surface area contributed by atoms with Crippen LogP contribution in [0.2, 0.25) is 0 Å². The van der Waals surface area contributed by atoms with Crippen LogP contribution in [0.15, 0.2) is 152 Å². The Hall–Kier alpha value is -7.05. The van der Waals surface area contributed by atoms with Crippen LogP contribution in [0.5, 0.6) is 0 Å². The maximum Gasteiger partial charge on any atom is 0.323 e. The lowest BCUT2D eigenvalue weighted by molar-refractivity contribution is -0.149. The van der Waals surface area contributed by atoms with Crippen LogP contribution in [0.1, 0.15) is 238 Å². The lowest BCUT2D eigenvalue weighted by Crippen LogP contribution is -2.53. The molecule has 0 radical (unpaired) electrons. The lowest BCUT2D eigenvalue weighted by Gasteiger charge is -2.32. The van der Waals surface area contributed by atoms with E-state index in [2.05, 4.69) is 72.1 Å². The average Bonchev–Trinajstić information content (AvgIpc) is 1.51. The van der Waals surface area contributed by atoms with E-state index in [1.165, 1.54) is 32.1 Å². The van der Waals surface area contributed by atoms with Crippen molar-refractivity contribution in [3.05, 3.63) is 179 Å². The lowest BCUT2D eigenvalue weighted by atomic mass is 9.92. The highest BCUT2D eigenvalue weighted by atomic mass is 32.2. The first-order valence-corrected chi connectivity index (χ1v) is 61.7. The molecule has 0 aromatic heterocycles. The molecule has 4 aliphatic carbocycles. The van der Waals surface area contributed by atoms with Crippen molar-refractivity contribution in [1.82, 2.24) is 47.9 Å². The molecule has 16 N–H and O–H groups in total. The predicted octanol–water partition coefficient (Wildman–Crippen LogP) is 10.9. The summed E-state index contributed by atoms with van der Waals surface area (Å²) in [7, 11) is -27.3. The third-order valence-electron chi connectivity index (χ3n) is 23.4. The fraction of sp³-hybridized carbons (Fsp3) is 0.660. The SMILES string of the molecule is CC(C)[C@H](NCCCS(=O)(=O)O)C(=O)NC(C)(C)C.CC(C)[C@H](NCCCS(=O)(=O)O)C(=O)OCc1ccccc1.CCOC(=O)[C@H](C)NCCCS(=O)(=O)O.O=C(NC1CCCCC1)[C@H](Cc1ccccc1)NCCCS(=O)(=O)O.O=S(=O)(O)CCCN[C@@H]1CCCC[C@H]1OCc1ccccc1.O=S(=O)(O)CCCN[C@@H]1CCC[C@H]1OCc1ccccc1.O=S(=O)(O)CCCN[C@H]1CCCC[C@@H]1OCc1ccccc1. The summed E-state index contributed by atoms with van der Waals surface area (Å²) in [5.41, 5.74) is 5.14. The molecule has 0 unspecified atom stereocenters. The third-order valence-corrected chi connectivity index (χ3v) is 29.0. The molecule has 10 atom stereocenters. The van der Waals surface area contributed by atoms with Crippen molar-refractivity contribution in [3.8, 4) is 0 Å². The van der Waals surface area contributed by atoms with Gasteiger partial charge in [0, 0.05) is 29.7 Å². The van der Waals surface area contributed by atoms with Gasteiger partial charge in [0.1, 0.15) is 18.7 Å². The highest BCUT2D eigenvalue weighted by Gasteiger charge is 2.32. The molecule has 0 spiro atoms. The van der Waals surface area contributed by atoms with Crippen molar-refractivity contribution in [3.63, 3.8) is 0 Å². The van der Waals surface area contributed by atoms with E-state index in [1.807, 2.05) is 176 Å². The van der Waals surface area contributed by atoms with E-state index in [9.17, 15) is 78.1 Å². The first-order valence-electron chi connectivity index (χ1n) is 50.5. The van der Waals surface area contributed by atoms with Crippen molar-refractivity contribution in [2.24, 2.45) is 11.8 Å². The molecule has 0 bridgehead atoms. The Morgan fingerprint density at radius 1 is 0.329 bits per heavy atom. The van der Waals surface area contributed by atoms with Gasteiger partial charge in [-0.15, -0.1) is 0 Å². The Labute approximate surface area is 869 Å². The molecule has 9 rings (SSSR count). The zero-order chi connectivity index (χ0) is 109. The second-order valence-electron chi connectivity index (χ2n) is 38.3. The third kappa shape index (κ3) is 70.9. The van der Waals surface area contributed by atoms with Crippen LogP contribution in [-0.4, -0.2) is 279 Å². The zero-order valence-electron chi connectivity index (χ0n) is 86.2. The van der Waals surface area contributed by atoms with Crippen molar-refractivity contribution in [2.45, 2.75) is 315 Å². The zero-order valence-corrected chi connectivity index (χ0v) is 91.9. The molecule has 0 heterocycles. The van der Waals surface area contributed by atoms with E-state index in [4.69, 9.17) is 55.6 Å². The summed E-state index contributed by atoms with van der Waals surface area (Å²) in [6.45, 7) is 22.1. The van der Waals surface area contributed by atoms with Crippen molar-refractivity contribution < 1.29 is 134 Å². The molecular formula is C100H167N9O30S7. The van der Waals surface area contributed by atoms with Crippen LogP contribution in [0.4, 0.5) is 0 Å². The molecule has 4 saturated carbocycles. The highest BCUT2D eigenvalue weighted by Crippen LogP contribution is 2.27. The topological polar surface area (TPSA) is 603 Å². The van der Waals surface area contributed by atoms with E-state index in [0.717, 1.165) is 98.4 Å². The Kier molecular flexibility index (Phi) is 66.1. The van der Waals surface area contributed by atoms with E-state index >= 15 is 0 Å². The Morgan fingerprint density at radius 2 is 0.616 bits per heavy atom. The molecular weight excluding hydrogens is 2030 g/mol. The minimum atomic E-state index is -3.96. The van der Waals surface area contributed by atoms with Gasteiger partial charge in [-0.1, -0.05) is 224 Å². The molecule has 146 heavy (non-hydrogen) atoms. The number of rotatable bonds is 56. The van der Waals surface area contributed by atoms with Gasteiger partial charge in [-0.25, -0.2) is 0 Å². The molecule has 2 amide bonds. The number of ether oxygens (including phenoxy) is 5. The van der Waals surface area contributed by atoms with Crippen molar-refractivity contribution >= 4 is 94.6 Å². The van der Waals surface area contributed by atoms with Crippen LogP contribution in [0.3, 0.4) is 0 Å². The number of hydrogen-bond donors (Lipinski definition) is 16. The Balaban J connectivity index is 0.000000440. The van der Waals surface area contributed by atoms with Gasteiger partial charge in [0.15, 0.2) is 0 Å². The smallest absolute Gasteiger partial charge is 0.323 e. The normalized spacial score (nSPS) is 18.2. The predicted molar refractivity (Wildman–Crippen MR) is 567 cm³/mol. The number of nitrogens with one attached hydrogen (secondary N) is 9. The van der Waals surface area contributed by atoms with Crippen LogP contribution >= 0.6 is 0 Å². The van der Waals surface area contributed by atoms with Gasteiger partial charge >= 0.3 is 11.9 Å². The van der Waals surface area contributed by atoms with E-state index < -0.39 is 89.0 Å². The summed E-state index contributed by atoms with van der Waals surface area (Å²) < 4.78 is 238. The quantitative estimate of drug-likeness (QED) is 0.00976. The molecule has 5 aromatic carbocycles. The summed E-state index contributed by atoms with van der Waals surface area (Å²) in [6, 6.07) is 48.7. The Bertz CT molecular complexity index is 5150. The minimum absolute atomic E-state index is 0.00834. The number of esters is 2. The van der Waals surface area contributed by atoms with Crippen molar-refractivity contribution in [1.29, 1.82) is 0 Å². The number of carbonyl (C=O) groups excluding carboxylic acids is 4. The minimum Gasteiger partial charge on any atom is -0.465 e. The summed E-state index contributed by atoms with van der Waals surface area (Å²) in [5.74, 6) is -2.60. The van der Waals surface area contributed by atoms with Crippen LogP contribution in [0.25, 0.3) is 0 Å². The van der Waals surface area contributed by atoms with E-state index in [0.29, 0.717) is 97.9 Å². The second-order valence-corrected chi connectivity index (χ2v) is 49.3. The number of amides is 2. The van der Waals surface area contributed by atoms with Crippen LogP contribution in [-0.2, 0) is 147 Å². The second kappa shape index (κ2) is 72.5. The van der Waals surface area contributed by atoms with Crippen LogP contribution < -0.4 is 47.9 Å². The summed E-state index contributed by atoms with van der Waals surface area (Å²) in [6.07, 6.45) is 20.9. The van der Waals surface area contributed by atoms with Gasteiger partial charge in [-0.05, 0) is 229 Å². The summed E-state index contributed by atoms with van der Waals surface area (Å²) in [5, 5.41) is 28.1. The highest BCUT2D eigenvalue weighted by molar-refractivity contribution is 7.87. The van der Waals surface area contributed by atoms with Crippen LogP contribution in [0, 0.1) is 11.8 Å². The fourth-order valence-electron chi connectivity index (χ4n) is 16.0. The summed E-state index contributed by atoms with van der Waals surface area (Å²) in [4.78, 5) is 47.9. The largest absolute Gasteiger partial charge is 0.465 e. The van der Waals surface area contributed by atoms with Gasteiger partial charge in [0.2, 0.25) is 11.8 Å². The molecule has 39 nitrogen and oxygen atoms in total. The van der Waals surface area contributed by atoms with Gasteiger partial charge in [-0.3, -0.25) is 51.0 Å². The monoisotopic (exact) mass is 2200 g/mol. The number of carbonyl (C=O) groups is 4. The average molecular weight is 2200 g/mol. The molecule has 5 aromatic rings. The maximum absolute atomic E-state index is 12.7. The Morgan fingerprint density at radius 3 is 0.945 bits per heavy atom. The first kappa shape index (κ1) is 133. The van der Waals surface area contributed by atoms with Gasteiger partial charge in [-0.2, -0.15) is 58.9 Å². The molecule has 4 fully saturated rings. The van der Waals surface area contributed by atoms with E-state index in [1.54, 1.807) is 13.8 Å². The van der Waals surface area contributed by atoms with Gasteiger partial charge < -0.3 is 71.5 Å². The fourth-order valence-corrected chi connectivity index (χ4v) is 19.6. The number of hydrogen-bond acceptors (Lipinski definition) is 30. The number of benzene rings is 5. The molecule has 0 aliphatic heterocycles.